The third-order valence-electron chi connectivity index (χ3n) is 14.1. The van der Waals surface area contributed by atoms with E-state index in [1.807, 2.05) is 0 Å². The summed E-state index contributed by atoms with van der Waals surface area (Å²) in [4.78, 5) is 0. The molecule has 2 aromatic rings. The lowest BCUT2D eigenvalue weighted by molar-refractivity contribution is -0.345. The highest BCUT2D eigenvalue weighted by atomic mass is 15.2. The van der Waals surface area contributed by atoms with Gasteiger partial charge in [0.25, 0.3) is 0 Å². The zero-order valence-electron chi connectivity index (χ0n) is 42.7. The van der Waals surface area contributed by atoms with E-state index >= 15 is 0 Å². The molecule has 0 spiro atoms. The van der Waals surface area contributed by atoms with Crippen LogP contribution >= 0.6 is 0 Å². The summed E-state index contributed by atoms with van der Waals surface area (Å²) in [6, 6.07) is 10.3. The Morgan fingerprint density at radius 1 is 0.290 bits per heavy atom. The lowest BCUT2D eigenvalue weighted by atomic mass is 9.85. The lowest BCUT2D eigenvalue weighted by Crippen LogP contribution is -2.09. The van der Waals surface area contributed by atoms with Crippen molar-refractivity contribution >= 4 is 11.4 Å². The summed E-state index contributed by atoms with van der Waals surface area (Å²) in [7, 11) is 0. The van der Waals surface area contributed by atoms with E-state index in [2.05, 4.69) is 79.7 Å². The van der Waals surface area contributed by atoms with Crippen LogP contribution in [0.1, 0.15) is 293 Å². The molecule has 0 radical (unpaired) electrons. The van der Waals surface area contributed by atoms with Crippen molar-refractivity contribution in [1.82, 2.24) is 0 Å². The highest BCUT2D eigenvalue weighted by molar-refractivity contribution is 5.83. The summed E-state index contributed by atoms with van der Waals surface area (Å²) in [5.74, 6) is 0. The Bertz CT molecular complexity index is 1540. The van der Waals surface area contributed by atoms with Gasteiger partial charge in [0.2, 0.25) is 11.4 Å². The van der Waals surface area contributed by atoms with Crippen LogP contribution in [0.3, 0.4) is 0 Å². The monoisotopic (exact) mass is 849 g/mol. The predicted octanol–water partition coefficient (Wildman–Crippen LogP) is 20.0. The summed E-state index contributed by atoms with van der Waals surface area (Å²) in [5, 5.41) is 0. The molecular formula is C60H100N2. The number of benzene rings is 2. The first-order valence-corrected chi connectivity index (χ1v) is 27.7. The van der Waals surface area contributed by atoms with Gasteiger partial charge in [0, 0.05) is 22.3 Å². The highest BCUT2D eigenvalue weighted by Gasteiger charge is 2.36. The molecule has 0 aromatic heterocycles. The van der Waals surface area contributed by atoms with Crippen LogP contribution in [0.2, 0.25) is 0 Å². The van der Waals surface area contributed by atoms with Crippen molar-refractivity contribution in [1.29, 1.82) is 0 Å². The molecule has 0 amide bonds. The summed E-state index contributed by atoms with van der Waals surface area (Å²) < 4.78 is 1.77. The van der Waals surface area contributed by atoms with Crippen LogP contribution in [0.5, 0.6) is 0 Å². The maximum Gasteiger partial charge on any atom is 0.211 e. The van der Waals surface area contributed by atoms with Crippen molar-refractivity contribution in [3.63, 3.8) is 0 Å². The standard InChI is InChI=1S/C60H100N2/c1-9-17-25-30-31-36-44-58-57(43-24-16-8)59(53-45-49(37-32-26-18-10-2)55(41-22-14-6)50(46-53)38-33-27-19-11-3)62(61)60(58)54-47-51(39-34-28-20-12-4)56(42-23-15-7)52(48-54)40-35-29-21-13-5/h45-48H,9-44H2,1-8H3. The van der Waals surface area contributed by atoms with E-state index in [9.17, 15) is 5.53 Å². The minimum absolute atomic E-state index is 1.04. The molecule has 0 fully saturated rings. The van der Waals surface area contributed by atoms with E-state index in [0.29, 0.717) is 0 Å². The fourth-order valence-electron chi connectivity index (χ4n) is 10.3. The fraction of sp³-hybridized carbons (Fsp3) is 0.733. The molecule has 1 aliphatic heterocycles. The van der Waals surface area contributed by atoms with E-state index in [4.69, 9.17) is 0 Å². The molecular weight excluding hydrogens is 749 g/mol. The molecule has 350 valence electrons. The molecule has 3 rings (SSSR count). The van der Waals surface area contributed by atoms with Crippen LogP contribution in [0.25, 0.3) is 16.9 Å². The van der Waals surface area contributed by atoms with E-state index < -0.39 is 0 Å². The molecule has 0 atom stereocenters. The van der Waals surface area contributed by atoms with Crippen LogP contribution in [-0.2, 0) is 38.5 Å². The molecule has 0 N–H and O–H groups in total. The maximum atomic E-state index is 13.2. The van der Waals surface area contributed by atoms with Gasteiger partial charge in [-0.3, -0.25) is 0 Å². The summed E-state index contributed by atoms with van der Waals surface area (Å²) in [6.45, 7) is 18.7. The van der Waals surface area contributed by atoms with Gasteiger partial charge in [0.05, 0.1) is 0 Å². The van der Waals surface area contributed by atoms with Crippen LogP contribution < -0.4 is 0 Å². The second-order valence-electron chi connectivity index (χ2n) is 19.6. The number of hydrogen-bond donors (Lipinski definition) is 0. The van der Waals surface area contributed by atoms with Crippen molar-refractivity contribution in [2.45, 2.75) is 287 Å². The third-order valence-corrected chi connectivity index (χ3v) is 14.1. The Morgan fingerprint density at radius 2 is 0.532 bits per heavy atom. The smallest absolute Gasteiger partial charge is 0.211 e. The van der Waals surface area contributed by atoms with E-state index in [-0.39, 0.29) is 0 Å². The quantitative estimate of drug-likeness (QED) is 0.0475. The van der Waals surface area contributed by atoms with Gasteiger partial charge in [-0.1, -0.05) is 184 Å². The maximum absolute atomic E-state index is 13.2. The van der Waals surface area contributed by atoms with Crippen LogP contribution in [0, 0.1) is 0 Å². The van der Waals surface area contributed by atoms with Gasteiger partial charge in [-0.05, 0) is 160 Å². The molecule has 0 aliphatic carbocycles. The van der Waals surface area contributed by atoms with Crippen molar-refractivity contribution in [2.75, 3.05) is 0 Å². The normalized spacial score (nSPS) is 13.1. The van der Waals surface area contributed by atoms with Gasteiger partial charge >= 0.3 is 0 Å². The molecule has 0 unspecified atom stereocenters. The Kier molecular flexibility index (Phi) is 28.7. The molecule has 1 aliphatic rings. The average molecular weight is 849 g/mol. The summed E-state index contributed by atoms with van der Waals surface area (Å²) in [5.41, 5.74) is 30.4. The molecule has 62 heavy (non-hydrogen) atoms. The van der Waals surface area contributed by atoms with Gasteiger partial charge in [-0.15, -0.1) is 0 Å². The summed E-state index contributed by atoms with van der Waals surface area (Å²) >= 11 is 0. The summed E-state index contributed by atoms with van der Waals surface area (Å²) in [6.07, 6.45) is 44.8. The number of nitrogens with zero attached hydrogens (tertiary/aromatic N) is 2. The van der Waals surface area contributed by atoms with Gasteiger partial charge in [0.1, 0.15) is 0 Å². The average Bonchev–Trinajstić information content (AvgIpc) is 3.56. The minimum atomic E-state index is 1.04. The van der Waals surface area contributed by atoms with Crippen molar-refractivity contribution in [3.05, 3.63) is 85.5 Å². The SMILES string of the molecule is CCCCCCCCC1=C(c2cc(CCCCCC)c(CCCC)c(CCCCCC)c2)[N+](=[N-])C(c2cc(CCCCCC)c(CCCC)c(CCCCCC)c2)=C1CCCC. The fourth-order valence-corrected chi connectivity index (χ4v) is 10.3. The highest BCUT2D eigenvalue weighted by Crippen LogP contribution is 2.46. The first-order chi connectivity index (χ1) is 30.4. The lowest BCUT2D eigenvalue weighted by Gasteiger charge is -2.20. The van der Waals surface area contributed by atoms with Gasteiger partial charge in [-0.2, -0.15) is 0 Å². The topological polar surface area (TPSA) is 25.3 Å². The van der Waals surface area contributed by atoms with Gasteiger partial charge in [0.15, 0.2) is 0 Å². The number of aryl methyl sites for hydroxylation is 4. The minimum Gasteiger partial charge on any atom is -0.493 e. The molecule has 0 saturated heterocycles. The van der Waals surface area contributed by atoms with Gasteiger partial charge in [-0.25, -0.2) is 4.70 Å². The number of hydrogen-bond acceptors (Lipinski definition) is 0. The molecule has 1 heterocycles. The first kappa shape index (κ1) is 53.9. The molecule has 2 aromatic carbocycles. The number of allylic oxidation sites excluding steroid dienone is 2. The first-order valence-electron chi connectivity index (χ1n) is 27.7. The van der Waals surface area contributed by atoms with E-state index in [1.165, 1.54) is 208 Å². The van der Waals surface area contributed by atoms with Crippen LogP contribution in [-0.4, -0.2) is 4.70 Å². The molecule has 2 heteroatoms. The van der Waals surface area contributed by atoms with Crippen molar-refractivity contribution in [2.24, 2.45) is 0 Å². The third kappa shape index (κ3) is 17.8. The van der Waals surface area contributed by atoms with E-state index in [1.54, 1.807) is 38.1 Å². The second-order valence-corrected chi connectivity index (χ2v) is 19.6. The van der Waals surface area contributed by atoms with Crippen molar-refractivity contribution < 1.29 is 4.70 Å². The number of rotatable bonds is 38. The largest absolute Gasteiger partial charge is 0.493 e. The zero-order chi connectivity index (χ0) is 44.8. The zero-order valence-corrected chi connectivity index (χ0v) is 42.7. The van der Waals surface area contributed by atoms with Crippen LogP contribution in [0.4, 0.5) is 0 Å². The van der Waals surface area contributed by atoms with E-state index in [0.717, 1.165) is 56.3 Å². The molecule has 2 nitrogen and oxygen atoms in total. The second kappa shape index (κ2) is 33.1. The van der Waals surface area contributed by atoms with Crippen molar-refractivity contribution in [3.8, 4) is 0 Å². The Morgan fingerprint density at radius 3 is 0.855 bits per heavy atom. The van der Waals surface area contributed by atoms with Crippen LogP contribution in [0.15, 0.2) is 35.4 Å². The predicted molar refractivity (Wildman–Crippen MR) is 276 cm³/mol. The number of unbranched alkanes of at least 4 members (excludes halogenated alkanes) is 20. The Labute approximate surface area is 386 Å². The Hall–Kier alpha value is -2.48. The Balaban J connectivity index is 2.35. The molecule has 0 saturated carbocycles. The van der Waals surface area contributed by atoms with Gasteiger partial charge < -0.3 is 5.53 Å². The molecule has 0 bridgehead atoms.